The Kier molecular flexibility index (Phi) is 6.84. The van der Waals surface area contributed by atoms with Gasteiger partial charge in [-0.15, -0.1) is 0 Å². The SMILES string of the molecule is COCCOCc1cnc(C)nc1C1CCCN(C(=O)c2ccc3ncccc3c2)C1. The third-order valence-corrected chi connectivity index (χ3v) is 5.65. The van der Waals surface area contributed by atoms with Crippen molar-refractivity contribution in [1.82, 2.24) is 19.9 Å². The van der Waals surface area contributed by atoms with Crippen LogP contribution >= 0.6 is 0 Å². The predicted molar refractivity (Wildman–Crippen MR) is 118 cm³/mol. The molecule has 7 heteroatoms. The number of aryl methyl sites for hydroxylation is 1. The van der Waals surface area contributed by atoms with Crippen molar-refractivity contribution in [1.29, 1.82) is 0 Å². The van der Waals surface area contributed by atoms with Crippen molar-refractivity contribution in [2.24, 2.45) is 0 Å². The molecule has 0 saturated carbocycles. The summed E-state index contributed by atoms with van der Waals surface area (Å²) in [6.45, 7) is 4.82. The van der Waals surface area contributed by atoms with Gasteiger partial charge < -0.3 is 14.4 Å². The minimum Gasteiger partial charge on any atom is -0.382 e. The average Bonchev–Trinajstić information content (AvgIpc) is 2.82. The van der Waals surface area contributed by atoms with Crippen molar-refractivity contribution in [2.75, 3.05) is 33.4 Å². The van der Waals surface area contributed by atoms with E-state index in [1.165, 1.54) is 0 Å². The van der Waals surface area contributed by atoms with Crippen LogP contribution in [0.2, 0.25) is 0 Å². The van der Waals surface area contributed by atoms with Gasteiger partial charge in [-0.3, -0.25) is 9.78 Å². The largest absolute Gasteiger partial charge is 0.382 e. The lowest BCUT2D eigenvalue weighted by molar-refractivity contribution is 0.0602. The summed E-state index contributed by atoms with van der Waals surface area (Å²) in [5.74, 6) is 0.961. The van der Waals surface area contributed by atoms with E-state index in [0.29, 0.717) is 31.9 Å². The Balaban J connectivity index is 1.51. The van der Waals surface area contributed by atoms with Gasteiger partial charge in [0.25, 0.3) is 5.91 Å². The average molecular weight is 421 g/mol. The highest BCUT2D eigenvalue weighted by Crippen LogP contribution is 2.29. The fourth-order valence-electron chi connectivity index (χ4n) is 4.08. The monoisotopic (exact) mass is 420 g/mol. The van der Waals surface area contributed by atoms with Crippen molar-refractivity contribution in [3.8, 4) is 0 Å². The van der Waals surface area contributed by atoms with Crippen LogP contribution in [0.4, 0.5) is 0 Å². The highest BCUT2D eigenvalue weighted by atomic mass is 16.5. The standard InChI is InChI=1S/C24H28N4O3/c1-17-26-14-21(16-31-12-11-30-2)23(27-17)20-6-4-10-28(15-20)24(29)19-7-8-22-18(13-19)5-3-9-25-22/h3,5,7-9,13-14,20H,4,6,10-12,15-16H2,1-2H3. The highest BCUT2D eigenvalue weighted by molar-refractivity contribution is 5.98. The van der Waals surface area contributed by atoms with E-state index < -0.39 is 0 Å². The number of fused-ring (bicyclic) bond motifs is 1. The molecule has 0 spiro atoms. The summed E-state index contributed by atoms with van der Waals surface area (Å²) in [7, 11) is 1.66. The number of likely N-dealkylation sites (tertiary alicyclic amines) is 1. The quantitative estimate of drug-likeness (QED) is 0.545. The van der Waals surface area contributed by atoms with E-state index in [-0.39, 0.29) is 11.8 Å². The van der Waals surface area contributed by atoms with E-state index in [1.54, 1.807) is 13.3 Å². The molecule has 1 aromatic carbocycles. The van der Waals surface area contributed by atoms with Gasteiger partial charge in [-0.05, 0) is 44.0 Å². The fraction of sp³-hybridized carbons (Fsp3) is 0.417. The van der Waals surface area contributed by atoms with Crippen LogP contribution in [0.5, 0.6) is 0 Å². The summed E-state index contributed by atoms with van der Waals surface area (Å²) < 4.78 is 10.8. The molecule has 1 fully saturated rings. The van der Waals surface area contributed by atoms with Gasteiger partial charge in [0, 0.05) is 55.0 Å². The van der Waals surface area contributed by atoms with Gasteiger partial charge in [-0.2, -0.15) is 0 Å². The summed E-state index contributed by atoms with van der Waals surface area (Å²) in [5.41, 5.74) is 3.57. The Morgan fingerprint density at radius 2 is 2.13 bits per heavy atom. The molecule has 31 heavy (non-hydrogen) atoms. The van der Waals surface area contributed by atoms with Crippen LogP contribution in [0.15, 0.2) is 42.7 Å². The maximum atomic E-state index is 13.3. The van der Waals surface area contributed by atoms with Gasteiger partial charge in [0.2, 0.25) is 0 Å². The van der Waals surface area contributed by atoms with E-state index in [2.05, 4.69) is 9.97 Å². The van der Waals surface area contributed by atoms with E-state index >= 15 is 0 Å². The van der Waals surface area contributed by atoms with Gasteiger partial charge >= 0.3 is 0 Å². The second kappa shape index (κ2) is 9.94. The summed E-state index contributed by atoms with van der Waals surface area (Å²) in [6, 6.07) is 9.58. The molecule has 4 rings (SSSR count). The Morgan fingerprint density at radius 1 is 1.23 bits per heavy atom. The van der Waals surface area contributed by atoms with Crippen LogP contribution in [-0.4, -0.2) is 59.2 Å². The van der Waals surface area contributed by atoms with Crippen LogP contribution in [0.1, 0.15) is 46.2 Å². The minimum atomic E-state index is 0.0547. The molecule has 2 aromatic heterocycles. The molecule has 0 bridgehead atoms. The Bertz CT molecular complexity index is 1060. The smallest absolute Gasteiger partial charge is 0.253 e. The molecule has 7 nitrogen and oxygen atoms in total. The zero-order valence-corrected chi connectivity index (χ0v) is 18.1. The molecular weight excluding hydrogens is 392 g/mol. The van der Waals surface area contributed by atoms with Gasteiger partial charge in [-0.25, -0.2) is 9.97 Å². The lowest BCUT2D eigenvalue weighted by atomic mass is 9.91. The zero-order valence-electron chi connectivity index (χ0n) is 18.1. The van der Waals surface area contributed by atoms with E-state index in [1.807, 2.05) is 48.4 Å². The molecule has 1 atom stereocenters. The Morgan fingerprint density at radius 3 is 3.00 bits per heavy atom. The number of hydrogen-bond donors (Lipinski definition) is 0. The number of methoxy groups -OCH3 is 1. The number of ether oxygens (including phenoxy) is 2. The summed E-state index contributed by atoms with van der Waals surface area (Å²) >= 11 is 0. The highest BCUT2D eigenvalue weighted by Gasteiger charge is 2.28. The van der Waals surface area contributed by atoms with Crippen LogP contribution in [-0.2, 0) is 16.1 Å². The first-order valence-electron chi connectivity index (χ1n) is 10.7. The maximum absolute atomic E-state index is 13.3. The molecule has 0 N–H and O–H groups in total. The first-order chi connectivity index (χ1) is 15.2. The van der Waals surface area contributed by atoms with Crippen molar-refractivity contribution in [2.45, 2.75) is 32.3 Å². The van der Waals surface area contributed by atoms with Crippen molar-refractivity contribution < 1.29 is 14.3 Å². The molecule has 1 amide bonds. The zero-order chi connectivity index (χ0) is 21.6. The number of benzene rings is 1. The Hall–Kier alpha value is -2.90. The molecule has 1 unspecified atom stereocenters. The normalized spacial score (nSPS) is 16.6. The van der Waals surface area contributed by atoms with Crippen molar-refractivity contribution >= 4 is 16.8 Å². The van der Waals surface area contributed by atoms with Crippen molar-refractivity contribution in [3.05, 3.63) is 65.4 Å². The lowest BCUT2D eigenvalue weighted by Crippen LogP contribution is -2.39. The number of hydrogen-bond acceptors (Lipinski definition) is 6. The number of piperidine rings is 1. The molecular formula is C24H28N4O3. The molecule has 1 aliphatic rings. The Labute approximate surface area is 182 Å². The second-order valence-corrected chi connectivity index (χ2v) is 7.87. The van der Waals surface area contributed by atoms with Crippen LogP contribution in [0.25, 0.3) is 10.9 Å². The molecule has 3 aromatic rings. The maximum Gasteiger partial charge on any atom is 0.253 e. The first kappa shape index (κ1) is 21.3. The molecule has 1 aliphatic heterocycles. The molecule has 162 valence electrons. The third kappa shape index (κ3) is 5.06. The van der Waals surface area contributed by atoms with Gasteiger partial charge in [0.1, 0.15) is 5.82 Å². The van der Waals surface area contributed by atoms with Crippen LogP contribution in [0, 0.1) is 6.92 Å². The number of amides is 1. The number of carbonyl (C=O) groups excluding carboxylic acids is 1. The molecule has 0 radical (unpaired) electrons. The number of carbonyl (C=O) groups is 1. The topological polar surface area (TPSA) is 77.4 Å². The summed E-state index contributed by atoms with van der Waals surface area (Å²) in [4.78, 5) is 28.6. The van der Waals surface area contributed by atoms with E-state index in [4.69, 9.17) is 14.5 Å². The molecule has 0 aliphatic carbocycles. The number of rotatable bonds is 7. The number of aromatic nitrogens is 3. The lowest BCUT2D eigenvalue weighted by Gasteiger charge is -2.33. The van der Waals surface area contributed by atoms with E-state index in [9.17, 15) is 4.79 Å². The van der Waals surface area contributed by atoms with Gasteiger partial charge in [0.05, 0.1) is 31.0 Å². The number of nitrogens with zero attached hydrogens (tertiary/aromatic N) is 4. The van der Waals surface area contributed by atoms with Gasteiger partial charge in [-0.1, -0.05) is 6.07 Å². The van der Waals surface area contributed by atoms with Crippen LogP contribution < -0.4 is 0 Å². The third-order valence-electron chi connectivity index (χ3n) is 5.65. The summed E-state index contributed by atoms with van der Waals surface area (Å²) in [5, 5.41) is 0.976. The predicted octanol–water partition coefficient (Wildman–Crippen LogP) is 3.52. The first-order valence-corrected chi connectivity index (χ1v) is 10.7. The minimum absolute atomic E-state index is 0.0547. The summed E-state index contributed by atoms with van der Waals surface area (Å²) in [6.07, 6.45) is 5.55. The van der Waals surface area contributed by atoms with Crippen molar-refractivity contribution in [3.63, 3.8) is 0 Å². The number of pyridine rings is 1. The van der Waals surface area contributed by atoms with E-state index in [0.717, 1.165) is 47.4 Å². The fourth-order valence-corrected chi connectivity index (χ4v) is 4.08. The molecule has 1 saturated heterocycles. The van der Waals surface area contributed by atoms with Gasteiger partial charge in [0.15, 0.2) is 0 Å². The molecule has 3 heterocycles. The second-order valence-electron chi connectivity index (χ2n) is 7.87. The van der Waals surface area contributed by atoms with Crippen LogP contribution in [0.3, 0.4) is 0 Å².